The average Bonchev–Trinajstić information content (AvgIpc) is 2.43. The highest BCUT2D eigenvalue weighted by atomic mass is 35.5. The molecule has 1 N–H and O–H groups in total. The summed E-state index contributed by atoms with van der Waals surface area (Å²) in [6, 6.07) is 11.5. The van der Waals surface area contributed by atoms with Gasteiger partial charge in [0.1, 0.15) is 0 Å². The minimum absolute atomic E-state index is 0.0897. The molecule has 3 nitrogen and oxygen atoms in total. The van der Waals surface area contributed by atoms with Crippen LogP contribution in [0.1, 0.15) is 12.5 Å². The maximum atomic E-state index is 12.2. The Labute approximate surface area is 127 Å². The lowest BCUT2D eigenvalue weighted by molar-refractivity contribution is -0.115. The van der Waals surface area contributed by atoms with Gasteiger partial charge in [-0.1, -0.05) is 29.8 Å². The van der Waals surface area contributed by atoms with Gasteiger partial charge in [0.25, 0.3) is 0 Å². The Kier molecular flexibility index (Phi) is 5.04. The van der Waals surface area contributed by atoms with E-state index in [1.54, 1.807) is 18.3 Å². The first-order valence-corrected chi connectivity index (χ1v) is 7.47. The van der Waals surface area contributed by atoms with E-state index in [0.717, 1.165) is 10.5 Å². The number of pyridine rings is 1. The highest BCUT2D eigenvalue weighted by molar-refractivity contribution is 8.00. The van der Waals surface area contributed by atoms with Crippen LogP contribution in [0.2, 0.25) is 5.15 Å². The maximum Gasteiger partial charge on any atom is 0.237 e. The molecule has 1 aromatic heterocycles. The number of hydrogen-bond donors (Lipinski definition) is 1. The highest BCUT2D eigenvalue weighted by Gasteiger charge is 2.16. The second kappa shape index (κ2) is 6.77. The number of hydrogen-bond acceptors (Lipinski definition) is 3. The molecule has 2 aromatic rings. The van der Waals surface area contributed by atoms with E-state index in [-0.39, 0.29) is 11.2 Å². The maximum absolute atomic E-state index is 12.2. The molecule has 2 rings (SSSR count). The van der Waals surface area contributed by atoms with Gasteiger partial charge in [-0.25, -0.2) is 4.98 Å². The van der Waals surface area contributed by atoms with Crippen LogP contribution in [0.4, 0.5) is 5.69 Å². The van der Waals surface area contributed by atoms with Gasteiger partial charge in [-0.15, -0.1) is 11.8 Å². The summed E-state index contributed by atoms with van der Waals surface area (Å²) in [5.41, 5.74) is 1.70. The van der Waals surface area contributed by atoms with Gasteiger partial charge < -0.3 is 5.32 Å². The molecule has 20 heavy (non-hydrogen) atoms. The van der Waals surface area contributed by atoms with Gasteiger partial charge in [-0.2, -0.15) is 0 Å². The fraction of sp³-hybridized carbons (Fsp3) is 0.200. The Hall–Kier alpha value is -1.52. The molecule has 0 radical (unpaired) electrons. The van der Waals surface area contributed by atoms with E-state index in [1.165, 1.54) is 11.8 Å². The molecule has 1 aromatic carbocycles. The third-order valence-electron chi connectivity index (χ3n) is 2.78. The van der Waals surface area contributed by atoms with E-state index in [9.17, 15) is 4.79 Å². The number of aromatic nitrogens is 1. The Bertz CT molecular complexity index is 618. The molecule has 1 amide bonds. The molecule has 1 atom stereocenters. The van der Waals surface area contributed by atoms with Crippen LogP contribution in [-0.4, -0.2) is 16.1 Å². The van der Waals surface area contributed by atoms with Gasteiger partial charge in [0.05, 0.1) is 10.9 Å². The number of anilines is 1. The van der Waals surface area contributed by atoms with Crippen molar-refractivity contribution in [3.8, 4) is 0 Å². The molecule has 1 unspecified atom stereocenters. The zero-order chi connectivity index (χ0) is 14.5. The Balaban J connectivity index is 2.03. The van der Waals surface area contributed by atoms with E-state index in [2.05, 4.69) is 10.3 Å². The van der Waals surface area contributed by atoms with Crippen LogP contribution in [0, 0.1) is 6.92 Å². The zero-order valence-corrected chi connectivity index (χ0v) is 12.8. The molecule has 0 bridgehead atoms. The van der Waals surface area contributed by atoms with Gasteiger partial charge in [0, 0.05) is 11.1 Å². The lowest BCUT2D eigenvalue weighted by Crippen LogP contribution is -2.22. The highest BCUT2D eigenvalue weighted by Crippen LogP contribution is 2.27. The Morgan fingerprint density at radius 2 is 2.05 bits per heavy atom. The molecular weight excluding hydrogens is 292 g/mol. The molecular formula is C15H15ClN2OS. The largest absolute Gasteiger partial charge is 0.322 e. The van der Waals surface area contributed by atoms with Crippen molar-refractivity contribution in [3.63, 3.8) is 0 Å². The van der Waals surface area contributed by atoms with Gasteiger partial charge in [-0.05, 0) is 37.6 Å². The molecule has 0 spiro atoms. The number of benzene rings is 1. The van der Waals surface area contributed by atoms with Crippen molar-refractivity contribution >= 4 is 35.0 Å². The smallest absolute Gasteiger partial charge is 0.237 e. The van der Waals surface area contributed by atoms with Crippen molar-refractivity contribution < 1.29 is 4.79 Å². The summed E-state index contributed by atoms with van der Waals surface area (Å²) in [5.74, 6) is -0.0897. The first kappa shape index (κ1) is 14.9. The molecule has 0 fully saturated rings. The fourth-order valence-electron chi connectivity index (χ4n) is 1.65. The van der Waals surface area contributed by atoms with Crippen molar-refractivity contribution in [3.05, 3.63) is 53.3 Å². The number of rotatable bonds is 4. The van der Waals surface area contributed by atoms with E-state index < -0.39 is 0 Å². The number of carbonyl (C=O) groups is 1. The van der Waals surface area contributed by atoms with Crippen molar-refractivity contribution in [2.75, 3.05) is 5.32 Å². The van der Waals surface area contributed by atoms with Crippen LogP contribution < -0.4 is 5.32 Å². The number of nitrogens with one attached hydrogen (secondary N) is 1. The van der Waals surface area contributed by atoms with Crippen molar-refractivity contribution in [1.82, 2.24) is 4.98 Å². The van der Waals surface area contributed by atoms with Gasteiger partial charge >= 0.3 is 0 Å². The molecule has 104 valence electrons. The van der Waals surface area contributed by atoms with Crippen molar-refractivity contribution in [2.24, 2.45) is 0 Å². The second-order valence-corrected chi connectivity index (χ2v) is 6.10. The van der Waals surface area contributed by atoms with Crippen molar-refractivity contribution in [1.29, 1.82) is 0 Å². The lowest BCUT2D eigenvalue weighted by Gasteiger charge is -2.13. The number of carbonyl (C=O) groups excluding carboxylic acids is 1. The molecule has 5 heteroatoms. The van der Waals surface area contributed by atoms with Crippen molar-refractivity contribution in [2.45, 2.75) is 24.0 Å². The number of nitrogens with zero attached hydrogens (tertiary/aromatic N) is 1. The molecule has 0 aliphatic heterocycles. The summed E-state index contributed by atoms with van der Waals surface area (Å²) in [6.07, 6.45) is 1.59. The van der Waals surface area contributed by atoms with Gasteiger partial charge in [-0.3, -0.25) is 4.79 Å². The Morgan fingerprint density at radius 1 is 1.30 bits per heavy atom. The normalized spacial score (nSPS) is 11.9. The minimum atomic E-state index is -0.215. The van der Waals surface area contributed by atoms with E-state index in [4.69, 9.17) is 11.6 Å². The predicted molar refractivity (Wildman–Crippen MR) is 84.4 cm³/mol. The van der Waals surface area contributed by atoms with Crippen LogP contribution in [0.3, 0.4) is 0 Å². The summed E-state index contributed by atoms with van der Waals surface area (Å²) >= 11 is 7.45. The standard InChI is InChI=1S/C15H15ClN2OS/c1-10-6-3-4-8-13(10)20-11(2)15(19)18-12-7-5-9-17-14(12)16/h3-9,11H,1-2H3,(H,18,19). The summed E-state index contributed by atoms with van der Waals surface area (Å²) in [7, 11) is 0. The quantitative estimate of drug-likeness (QED) is 0.681. The fourth-order valence-corrected chi connectivity index (χ4v) is 2.77. The lowest BCUT2D eigenvalue weighted by atomic mass is 10.2. The minimum Gasteiger partial charge on any atom is -0.322 e. The molecule has 0 saturated carbocycles. The summed E-state index contributed by atoms with van der Waals surface area (Å²) in [4.78, 5) is 17.2. The second-order valence-electron chi connectivity index (χ2n) is 4.36. The third kappa shape index (κ3) is 3.74. The number of aryl methyl sites for hydroxylation is 1. The average molecular weight is 307 g/mol. The van der Waals surface area contributed by atoms with Crippen LogP contribution in [0.5, 0.6) is 0 Å². The van der Waals surface area contributed by atoms with Crippen LogP contribution >= 0.6 is 23.4 Å². The SMILES string of the molecule is Cc1ccccc1SC(C)C(=O)Nc1cccnc1Cl. The third-order valence-corrected chi connectivity index (χ3v) is 4.36. The molecule has 0 aliphatic rings. The van der Waals surface area contributed by atoms with E-state index in [0.29, 0.717) is 10.8 Å². The number of amides is 1. The zero-order valence-electron chi connectivity index (χ0n) is 11.3. The summed E-state index contributed by atoms with van der Waals surface area (Å²) in [6.45, 7) is 3.90. The molecule has 0 aliphatic carbocycles. The summed E-state index contributed by atoms with van der Waals surface area (Å²) in [5, 5.41) is 2.88. The predicted octanol–water partition coefficient (Wildman–Crippen LogP) is 4.16. The van der Waals surface area contributed by atoms with Gasteiger partial charge in [0.2, 0.25) is 5.91 Å². The first-order valence-electron chi connectivity index (χ1n) is 6.21. The summed E-state index contributed by atoms with van der Waals surface area (Å²) < 4.78 is 0. The van der Waals surface area contributed by atoms with Gasteiger partial charge in [0.15, 0.2) is 5.15 Å². The van der Waals surface area contributed by atoms with E-state index >= 15 is 0 Å². The molecule has 1 heterocycles. The number of halogens is 1. The van der Waals surface area contributed by atoms with E-state index in [1.807, 2.05) is 38.1 Å². The monoisotopic (exact) mass is 306 g/mol. The van der Waals surface area contributed by atoms with Crippen LogP contribution in [0.25, 0.3) is 0 Å². The first-order chi connectivity index (χ1) is 9.58. The van der Waals surface area contributed by atoms with Crippen LogP contribution in [0.15, 0.2) is 47.5 Å². The Morgan fingerprint density at radius 3 is 2.75 bits per heavy atom. The topological polar surface area (TPSA) is 42.0 Å². The number of thioether (sulfide) groups is 1. The van der Waals surface area contributed by atoms with Crippen LogP contribution in [-0.2, 0) is 4.79 Å². The molecule has 0 saturated heterocycles.